The minimum Gasteiger partial charge on any atom is -0.487 e. The number of nitrogens with two attached hydrogens (primary N) is 1. The number of oxime groups is 1. The second-order valence-corrected chi connectivity index (χ2v) is 5.63. The van der Waals surface area contributed by atoms with E-state index in [1.807, 2.05) is 13.8 Å². The molecule has 0 aliphatic carbocycles. The Kier molecular flexibility index (Phi) is 5.78. The molecule has 0 heterocycles. The maximum atomic E-state index is 10.9. The molecule has 0 radical (unpaired) electrons. The summed E-state index contributed by atoms with van der Waals surface area (Å²) in [5, 5.41) is 22.9. The topological polar surface area (TPSA) is 111 Å². The molecule has 0 bridgehead atoms. The second-order valence-electron chi connectivity index (χ2n) is 5.19. The van der Waals surface area contributed by atoms with Crippen LogP contribution in [0.2, 0.25) is 5.02 Å². The van der Waals surface area contributed by atoms with E-state index in [-0.39, 0.29) is 23.9 Å². The molecule has 0 saturated heterocycles. The Morgan fingerprint density at radius 1 is 1.57 bits per heavy atom. The summed E-state index contributed by atoms with van der Waals surface area (Å²) in [4.78, 5) is 10.4. The number of ether oxygens (including phenoxy) is 1. The van der Waals surface area contributed by atoms with Gasteiger partial charge in [0.2, 0.25) is 0 Å². The van der Waals surface area contributed by atoms with Gasteiger partial charge in [0.1, 0.15) is 5.84 Å². The van der Waals surface area contributed by atoms with Crippen molar-refractivity contribution in [3.8, 4) is 5.75 Å². The Bertz CT molecular complexity index is 546. The van der Waals surface area contributed by atoms with Crippen molar-refractivity contribution in [2.75, 3.05) is 6.61 Å². The molecule has 0 fully saturated rings. The summed E-state index contributed by atoms with van der Waals surface area (Å²) >= 11 is 5.80. The van der Waals surface area contributed by atoms with Gasteiger partial charge in [-0.2, -0.15) is 0 Å². The standard InChI is InChI=1S/C13H18ClN3O4/c1-13(2,12(15)16-18)6-3-7-21-11-8-9(14)4-5-10(11)17(19)20/h4-5,8,18H,3,6-7H2,1-2H3,(H2,15,16). The third kappa shape index (κ3) is 4.78. The Morgan fingerprint density at radius 3 is 2.81 bits per heavy atom. The molecule has 8 heteroatoms. The van der Waals surface area contributed by atoms with E-state index in [9.17, 15) is 10.1 Å². The number of hydrogen-bond acceptors (Lipinski definition) is 5. The molecule has 0 atom stereocenters. The van der Waals surface area contributed by atoms with E-state index >= 15 is 0 Å². The quantitative estimate of drug-likeness (QED) is 0.200. The molecule has 0 spiro atoms. The van der Waals surface area contributed by atoms with Gasteiger partial charge in [0.25, 0.3) is 0 Å². The predicted octanol–water partition coefficient (Wildman–Crippen LogP) is 3.18. The van der Waals surface area contributed by atoms with Crippen molar-refractivity contribution in [2.45, 2.75) is 26.7 Å². The number of rotatable bonds is 7. The van der Waals surface area contributed by atoms with Gasteiger partial charge in [-0.1, -0.05) is 30.6 Å². The molecule has 0 unspecified atom stereocenters. The fraction of sp³-hybridized carbons (Fsp3) is 0.462. The van der Waals surface area contributed by atoms with Crippen LogP contribution in [0.3, 0.4) is 0 Å². The maximum Gasteiger partial charge on any atom is 0.311 e. The van der Waals surface area contributed by atoms with E-state index in [0.717, 1.165) is 0 Å². The number of nitro groups is 1. The zero-order valence-corrected chi connectivity index (χ0v) is 12.6. The van der Waals surface area contributed by atoms with Crippen LogP contribution in [-0.2, 0) is 0 Å². The third-order valence-electron chi connectivity index (χ3n) is 3.12. The molecule has 0 aliphatic rings. The van der Waals surface area contributed by atoms with E-state index in [1.165, 1.54) is 18.2 Å². The van der Waals surface area contributed by atoms with Crippen molar-refractivity contribution in [3.63, 3.8) is 0 Å². The molecular weight excluding hydrogens is 298 g/mol. The Labute approximate surface area is 127 Å². The average Bonchev–Trinajstić information content (AvgIpc) is 2.42. The van der Waals surface area contributed by atoms with Gasteiger partial charge < -0.3 is 15.7 Å². The normalized spacial score (nSPS) is 12.2. The molecule has 0 aliphatic heterocycles. The zero-order chi connectivity index (χ0) is 16.0. The highest BCUT2D eigenvalue weighted by Gasteiger charge is 2.23. The minimum absolute atomic E-state index is 0.130. The zero-order valence-electron chi connectivity index (χ0n) is 11.9. The molecule has 1 aromatic rings. The number of halogens is 1. The molecule has 7 nitrogen and oxygen atoms in total. The van der Waals surface area contributed by atoms with Crippen LogP contribution in [0.4, 0.5) is 5.69 Å². The van der Waals surface area contributed by atoms with Crippen molar-refractivity contribution >= 4 is 23.1 Å². The summed E-state index contributed by atoms with van der Waals surface area (Å²) < 4.78 is 5.42. The monoisotopic (exact) mass is 315 g/mol. The van der Waals surface area contributed by atoms with E-state index in [2.05, 4.69) is 5.16 Å². The van der Waals surface area contributed by atoms with Crippen LogP contribution < -0.4 is 10.5 Å². The lowest BCUT2D eigenvalue weighted by Gasteiger charge is -2.22. The van der Waals surface area contributed by atoms with Gasteiger partial charge in [0.15, 0.2) is 5.75 Å². The Hall–Kier alpha value is -2.02. The first-order valence-corrected chi connectivity index (χ1v) is 6.70. The fourth-order valence-electron chi connectivity index (χ4n) is 1.71. The van der Waals surface area contributed by atoms with Crippen molar-refractivity contribution in [1.82, 2.24) is 0 Å². The van der Waals surface area contributed by atoms with Crippen LogP contribution in [-0.4, -0.2) is 22.6 Å². The van der Waals surface area contributed by atoms with Crippen LogP contribution >= 0.6 is 11.6 Å². The number of amidine groups is 1. The van der Waals surface area contributed by atoms with Gasteiger partial charge in [0, 0.05) is 22.6 Å². The van der Waals surface area contributed by atoms with E-state index in [1.54, 1.807) is 0 Å². The molecule has 0 amide bonds. The van der Waals surface area contributed by atoms with Crippen molar-refractivity contribution in [1.29, 1.82) is 0 Å². The number of benzene rings is 1. The second kappa shape index (κ2) is 7.12. The fourth-order valence-corrected chi connectivity index (χ4v) is 1.88. The summed E-state index contributed by atoms with van der Waals surface area (Å²) in [6.45, 7) is 3.94. The SMILES string of the molecule is CC(C)(CCCOc1cc(Cl)ccc1[N+](=O)[O-])C(N)=NO. The van der Waals surface area contributed by atoms with Crippen LogP contribution in [0.1, 0.15) is 26.7 Å². The van der Waals surface area contributed by atoms with Gasteiger partial charge in [0.05, 0.1) is 11.5 Å². The summed E-state index contributed by atoms with van der Waals surface area (Å²) in [6, 6.07) is 4.15. The van der Waals surface area contributed by atoms with Gasteiger partial charge >= 0.3 is 5.69 Å². The lowest BCUT2D eigenvalue weighted by Crippen LogP contribution is -2.32. The number of hydrogen-bond donors (Lipinski definition) is 2. The maximum absolute atomic E-state index is 10.9. The van der Waals surface area contributed by atoms with Gasteiger partial charge in [-0.25, -0.2) is 0 Å². The lowest BCUT2D eigenvalue weighted by molar-refractivity contribution is -0.385. The molecule has 1 rings (SSSR count). The Morgan fingerprint density at radius 2 is 2.24 bits per heavy atom. The van der Waals surface area contributed by atoms with Crippen LogP contribution in [0.15, 0.2) is 23.4 Å². The third-order valence-corrected chi connectivity index (χ3v) is 3.36. The van der Waals surface area contributed by atoms with Crippen molar-refractivity contribution in [2.24, 2.45) is 16.3 Å². The van der Waals surface area contributed by atoms with Gasteiger partial charge in [-0.05, 0) is 18.9 Å². The first-order valence-electron chi connectivity index (χ1n) is 6.32. The first-order chi connectivity index (χ1) is 9.77. The highest BCUT2D eigenvalue weighted by Crippen LogP contribution is 2.30. The molecule has 0 saturated carbocycles. The summed E-state index contributed by atoms with van der Waals surface area (Å²) in [5.41, 5.74) is 4.98. The summed E-state index contributed by atoms with van der Waals surface area (Å²) in [5.74, 6) is 0.269. The van der Waals surface area contributed by atoms with Crippen LogP contribution in [0.25, 0.3) is 0 Å². The molecule has 0 aromatic heterocycles. The molecule has 116 valence electrons. The highest BCUT2D eigenvalue weighted by atomic mass is 35.5. The van der Waals surface area contributed by atoms with Gasteiger partial charge in [-0.3, -0.25) is 10.1 Å². The molecule has 3 N–H and O–H groups in total. The van der Waals surface area contributed by atoms with E-state index in [0.29, 0.717) is 17.9 Å². The number of nitrogens with zero attached hydrogens (tertiary/aromatic N) is 2. The van der Waals surface area contributed by atoms with Crippen LogP contribution in [0, 0.1) is 15.5 Å². The average molecular weight is 316 g/mol. The predicted molar refractivity (Wildman–Crippen MR) is 80.0 cm³/mol. The lowest BCUT2D eigenvalue weighted by atomic mass is 9.87. The van der Waals surface area contributed by atoms with Crippen LogP contribution in [0.5, 0.6) is 5.75 Å². The largest absolute Gasteiger partial charge is 0.487 e. The highest BCUT2D eigenvalue weighted by molar-refractivity contribution is 6.30. The van der Waals surface area contributed by atoms with Crippen molar-refractivity contribution in [3.05, 3.63) is 33.3 Å². The number of nitro benzene ring substituents is 1. The minimum atomic E-state index is -0.522. The smallest absolute Gasteiger partial charge is 0.311 e. The molecule has 1 aromatic carbocycles. The van der Waals surface area contributed by atoms with Gasteiger partial charge in [-0.15, -0.1) is 0 Å². The first kappa shape index (κ1) is 17.0. The van der Waals surface area contributed by atoms with E-state index in [4.69, 9.17) is 27.3 Å². The molecular formula is C13H18ClN3O4. The van der Waals surface area contributed by atoms with Crippen molar-refractivity contribution < 1.29 is 14.9 Å². The van der Waals surface area contributed by atoms with E-state index < -0.39 is 10.3 Å². The Balaban J connectivity index is 2.61. The molecule has 21 heavy (non-hydrogen) atoms. The summed E-state index contributed by atoms with van der Waals surface area (Å²) in [7, 11) is 0. The summed E-state index contributed by atoms with van der Waals surface area (Å²) in [6.07, 6.45) is 1.20.